The first-order valence-electron chi connectivity index (χ1n) is 11.0. The van der Waals surface area contributed by atoms with E-state index in [0.717, 1.165) is 23.9 Å². The first kappa shape index (κ1) is 24.5. The van der Waals surface area contributed by atoms with Gasteiger partial charge < -0.3 is 9.80 Å². The lowest BCUT2D eigenvalue weighted by Gasteiger charge is -2.34. The molecule has 0 radical (unpaired) electrons. The van der Waals surface area contributed by atoms with Crippen LogP contribution < -0.4 is 9.21 Å². The molecule has 1 N–H and O–H groups in total. The van der Waals surface area contributed by atoms with Gasteiger partial charge in [-0.2, -0.15) is 0 Å². The average Bonchev–Trinajstić information content (AvgIpc) is 2.83. The van der Waals surface area contributed by atoms with Gasteiger partial charge in [0.1, 0.15) is 13.1 Å². The molecule has 0 aliphatic carbocycles. The number of rotatable bonds is 7. The molecule has 4 rings (SSSR count). The lowest BCUT2D eigenvalue weighted by molar-refractivity contribution is -0.917. The third kappa shape index (κ3) is 5.91. The van der Waals surface area contributed by atoms with Gasteiger partial charge in [-0.05, 0) is 30.3 Å². The van der Waals surface area contributed by atoms with Crippen molar-refractivity contribution in [3.05, 3.63) is 94.5 Å². The minimum atomic E-state index is -4.01. The van der Waals surface area contributed by atoms with Crippen LogP contribution in [0, 0.1) is 0 Å². The molecule has 178 valence electrons. The molecule has 1 aliphatic rings. The van der Waals surface area contributed by atoms with Gasteiger partial charge >= 0.3 is 0 Å². The molecule has 34 heavy (non-hydrogen) atoms. The third-order valence-electron chi connectivity index (χ3n) is 5.87. The summed E-state index contributed by atoms with van der Waals surface area (Å²) in [7, 11) is -4.01. The van der Waals surface area contributed by atoms with Crippen LogP contribution in [0.4, 0.5) is 5.69 Å². The van der Waals surface area contributed by atoms with E-state index in [1.165, 1.54) is 40.8 Å². The highest BCUT2D eigenvalue weighted by atomic mass is 35.5. The second kappa shape index (κ2) is 10.8. The standard InChI is InChI=1S/C25H25Cl2N3O3S/c26-21-15-22(27)17-23(16-21)30(34(32,33)24-9-5-2-6-10-24)19-25(31)29-13-11-28(12-14-29)18-20-7-3-1-4-8-20/h1-10,15-17H,11-14,18-19H2/p+1. The highest BCUT2D eigenvalue weighted by Gasteiger charge is 2.31. The predicted octanol–water partition coefficient (Wildman–Crippen LogP) is 3.12. The van der Waals surface area contributed by atoms with E-state index < -0.39 is 10.0 Å². The number of hydrogen-bond acceptors (Lipinski definition) is 3. The number of halogens is 2. The zero-order valence-electron chi connectivity index (χ0n) is 18.5. The summed E-state index contributed by atoms with van der Waals surface area (Å²) in [6.45, 7) is 3.30. The van der Waals surface area contributed by atoms with Crippen LogP contribution in [0.5, 0.6) is 0 Å². The van der Waals surface area contributed by atoms with Crippen LogP contribution in [0.2, 0.25) is 10.0 Å². The minimum absolute atomic E-state index is 0.0935. The van der Waals surface area contributed by atoms with Gasteiger partial charge in [0.25, 0.3) is 10.0 Å². The zero-order chi connectivity index (χ0) is 24.1. The molecular formula is C25H26Cl2N3O3S+. The van der Waals surface area contributed by atoms with Gasteiger partial charge in [-0.3, -0.25) is 9.10 Å². The van der Waals surface area contributed by atoms with Crippen molar-refractivity contribution in [1.29, 1.82) is 0 Å². The second-order valence-corrected chi connectivity index (χ2v) is 11.0. The first-order chi connectivity index (χ1) is 16.3. The molecule has 3 aromatic carbocycles. The number of amides is 1. The Balaban J connectivity index is 1.51. The van der Waals surface area contributed by atoms with Crippen molar-refractivity contribution in [3.63, 3.8) is 0 Å². The summed E-state index contributed by atoms with van der Waals surface area (Å²) < 4.78 is 28.1. The number of carbonyl (C=O) groups is 1. The number of benzene rings is 3. The molecule has 0 bridgehead atoms. The van der Waals surface area contributed by atoms with Gasteiger partial charge in [-0.1, -0.05) is 71.7 Å². The van der Waals surface area contributed by atoms with Crippen molar-refractivity contribution in [2.45, 2.75) is 11.4 Å². The molecule has 1 saturated heterocycles. The summed E-state index contributed by atoms with van der Waals surface area (Å²) >= 11 is 12.3. The van der Waals surface area contributed by atoms with Crippen molar-refractivity contribution in [3.8, 4) is 0 Å². The zero-order valence-corrected chi connectivity index (χ0v) is 20.9. The fraction of sp³-hybridized carbons (Fsp3) is 0.240. The third-order valence-corrected chi connectivity index (χ3v) is 8.09. The van der Waals surface area contributed by atoms with Crippen LogP contribution in [0.3, 0.4) is 0 Å². The van der Waals surface area contributed by atoms with Gasteiger partial charge in [-0.15, -0.1) is 0 Å². The summed E-state index contributed by atoms with van der Waals surface area (Å²) in [5.74, 6) is -0.255. The van der Waals surface area contributed by atoms with Crippen molar-refractivity contribution in [2.24, 2.45) is 0 Å². The number of sulfonamides is 1. The Hall–Kier alpha value is -2.58. The first-order valence-corrected chi connectivity index (χ1v) is 13.2. The highest BCUT2D eigenvalue weighted by molar-refractivity contribution is 7.92. The largest absolute Gasteiger partial charge is 0.330 e. The van der Waals surface area contributed by atoms with E-state index in [1.807, 2.05) is 18.2 Å². The predicted molar refractivity (Wildman–Crippen MR) is 135 cm³/mol. The van der Waals surface area contributed by atoms with Crippen molar-refractivity contribution >= 4 is 44.8 Å². The lowest BCUT2D eigenvalue weighted by Crippen LogP contribution is -3.13. The van der Waals surface area contributed by atoms with Crippen LogP contribution >= 0.6 is 23.2 Å². The Morgan fingerprint density at radius 2 is 1.44 bits per heavy atom. The molecule has 6 nitrogen and oxygen atoms in total. The summed E-state index contributed by atoms with van der Waals surface area (Å²) in [5, 5.41) is 0.586. The molecule has 3 aromatic rings. The Morgan fingerprint density at radius 1 is 0.882 bits per heavy atom. The number of nitrogens with zero attached hydrogens (tertiary/aromatic N) is 2. The lowest BCUT2D eigenvalue weighted by atomic mass is 10.2. The topological polar surface area (TPSA) is 62.1 Å². The number of anilines is 1. The molecule has 0 aromatic heterocycles. The SMILES string of the molecule is O=C(CN(c1cc(Cl)cc(Cl)c1)S(=O)(=O)c1ccccc1)N1CC[NH+](Cc2ccccc2)CC1. The maximum atomic E-state index is 13.5. The Morgan fingerprint density at radius 3 is 2.03 bits per heavy atom. The fourth-order valence-electron chi connectivity index (χ4n) is 4.07. The van der Waals surface area contributed by atoms with E-state index in [4.69, 9.17) is 23.2 Å². The summed E-state index contributed by atoms with van der Waals surface area (Å²) in [6, 6.07) is 22.8. The van der Waals surface area contributed by atoms with Gasteiger partial charge in [0, 0.05) is 15.6 Å². The van der Waals surface area contributed by atoms with Crippen molar-refractivity contribution < 1.29 is 18.1 Å². The van der Waals surface area contributed by atoms with E-state index in [1.54, 1.807) is 23.1 Å². The number of carbonyl (C=O) groups excluding carboxylic acids is 1. The molecule has 9 heteroatoms. The molecule has 0 unspecified atom stereocenters. The average molecular weight is 519 g/mol. The number of hydrogen-bond donors (Lipinski definition) is 1. The molecule has 0 spiro atoms. The summed E-state index contributed by atoms with van der Waals surface area (Å²) in [4.78, 5) is 16.5. The molecule has 1 heterocycles. The normalized spacial score (nSPS) is 14.7. The number of piperazine rings is 1. The van der Waals surface area contributed by atoms with Crippen LogP contribution in [0.1, 0.15) is 5.56 Å². The van der Waals surface area contributed by atoms with E-state index in [0.29, 0.717) is 23.1 Å². The van der Waals surface area contributed by atoms with Crippen molar-refractivity contribution in [1.82, 2.24) is 4.90 Å². The number of nitrogens with one attached hydrogen (secondary N) is 1. The molecule has 1 aliphatic heterocycles. The van der Waals surface area contributed by atoms with E-state index in [-0.39, 0.29) is 23.0 Å². The smallest absolute Gasteiger partial charge is 0.264 e. The maximum Gasteiger partial charge on any atom is 0.264 e. The maximum absolute atomic E-state index is 13.5. The van der Waals surface area contributed by atoms with Crippen LogP contribution in [-0.2, 0) is 21.4 Å². The quantitative estimate of drug-likeness (QED) is 0.522. The molecule has 1 fully saturated rings. The second-order valence-electron chi connectivity index (χ2n) is 8.25. The van der Waals surface area contributed by atoms with E-state index >= 15 is 0 Å². The monoisotopic (exact) mass is 518 g/mol. The van der Waals surface area contributed by atoms with Gasteiger partial charge in [0.2, 0.25) is 5.91 Å². The number of quaternary nitrogens is 1. The molecular weight excluding hydrogens is 493 g/mol. The Labute approximate surface area is 210 Å². The van der Waals surface area contributed by atoms with Gasteiger partial charge in [0.05, 0.1) is 36.8 Å². The Bertz CT molecular complexity index is 1210. The fourth-order valence-corrected chi connectivity index (χ4v) is 6.01. The highest BCUT2D eigenvalue weighted by Crippen LogP contribution is 2.29. The Kier molecular flexibility index (Phi) is 7.78. The summed E-state index contributed by atoms with van der Waals surface area (Å²) in [5.41, 5.74) is 1.51. The molecule has 1 amide bonds. The summed E-state index contributed by atoms with van der Waals surface area (Å²) in [6.07, 6.45) is 0. The van der Waals surface area contributed by atoms with Gasteiger partial charge in [0.15, 0.2) is 0 Å². The molecule has 0 atom stereocenters. The van der Waals surface area contributed by atoms with Crippen LogP contribution in [-0.4, -0.2) is 51.9 Å². The van der Waals surface area contributed by atoms with Crippen molar-refractivity contribution in [2.75, 3.05) is 37.0 Å². The van der Waals surface area contributed by atoms with E-state index in [2.05, 4.69) is 12.1 Å². The van der Waals surface area contributed by atoms with Gasteiger partial charge in [-0.25, -0.2) is 8.42 Å². The van der Waals surface area contributed by atoms with Crippen LogP contribution in [0.25, 0.3) is 0 Å². The minimum Gasteiger partial charge on any atom is -0.330 e. The van der Waals surface area contributed by atoms with Crippen LogP contribution in [0.15, 0.2) is 83.8 Å². The molecule has 0 saturated carbocycles. The van der Waals surface area contributed by atoms with E-state index in [9.17, 15) is 13.2 Å².